The van der Waals surface area contributed by atoms with Crippen LogP contribution in [0.3, 0.4) is 0 Å². The summed E-state index contributed by atoms with van der Waals surface area (Å²) in [5, 5.41) is 6.96. The number of hydrogen-bond acceptors (Lipinski definition) is 5. The summed E-state index contributed by atoms with van der Waals surface area (Å²) < 4.78 is 24.0. The monoisotopic (exact) mass is 434 g/mol. The topological polar surface area (TPSA) is 81.4 Å². The minimum atomic E-state index is -0.594. The molecule has 1 N–H and O–H groups in total. The molecule has 2 aromatic rings. The minimum Gasteiger partial charge on any atom is -0.484 e. The van der Waals surface area contributed by atoms with Crippen molar-refractivity contribution in [3.63, 3.8) is 0 Å². The highest BCUT2D eigenvalue weighted by molar-refractivity contribution is 6.30. The Kier molecular flexibility index (Phi) is 5.34. The lowest BCUT2D eigenvalue weighted by atomic mass is 9.38. The molecule has 3 fully saturated rings. The number of Topliss-reactive ketones (excluding diaryl/α,β-unsaturated/α-hetero) is 1. The number of benzene rings is 1. The summed E-state index contributed by atoms with van der Waals surface area (Å²) in [4.78, 5) is 24.7. The van der Waals surface area contributed by atoms with E-state index < -0.39 is 5.82 Å². The molecule has 1 aromatic carbocycles. The lowest BCUT2D eigenvalue weighted by Crippen LogP contribution is -2.75. The van der Waals surface area contributed by atoms with Crippen molar-refractivity contribution in [2.24, 2.45) is 11.3 Å². The predicted octanol–water partition coefficient (Wildman–Crippen LogP) is 4.36. The van der Waals surface area contributed by atoms with Crippen LogP contribution in [0.15, 0.2) is 28.8 Å². The minimum absolute atomic E-state index is 0.00184. The van der Waals surface area contributed by atoms with Gasteiger partial charge >= 0.3 is 0 Å². The maximum Gasteiger partial charge on any atom is 0.258 e. The number of nitrogens with one attached hydrogen (secondary N) is 1. The van der Waals surface area contributed by atoms with Crippen molar-refractivity contribution in [2.45, 2.75) is 51.5 Å². The first-order valence-corrected chi connectivity index (χ1v) is 10.4. The number of amides is 1. The molecule has 0 saturated heterocycles. The lowest BCUT2D eigenvalue weighted by molar-refractivity contribution is -0.164. The molecule has 3 aliphatic carbocycles. The van der Waals surface area contributed by atoms with Gasteiger partial charge in [0.1, 0.15) is 11.6 Å². The molecule has 0 aliphatic heterocycles. The van der Waals surface area contributed by atoms with Gasteiger partial charge in [0.2, 0.25) is 11.5 Å². The van der Waals surface area contributed by atoms with E-state index in [4.69, 9.17) is 20.9 Å². The van der Waals surface area contributed by atoms with Crippen LogP contribution in [0, 0.1) is 17.2 Å². The number of carbonyl (C=O) groups excluding carboxylic acids is 2. The second-order valence-electron chi connectivity index (χ2n) is 9.10. The Morgan fingerprint density at radius 3 is 2.70 bits per heavy atom. The number of carbonyl (C=O) groups is 2. The third kappa shape index (κ3) is 4.21. The van der Waals surface area contributed by atoms with Gasteiger partial charge in [-0.05, 0) is 49.1 Å². The molecule has 30 heavy (non-hydrogen) atoms. The van der Waals surface area contributed by atoms with Gasteiger partial charge in [0.25, 0.3) is 5.91 Å². The Balaban J connectivity index is 1.22. The fraction of sp³-hybridized carbons (Fsp3) is 0.500. The number of rotatable bonds is 9. The van der Waals surface area contributed by atoms with E-state index in [2.05, 4.69) is 24.3 Å². The SMILES string of the molecule is CC(C)Cc1cc(C(=O)CC23CC(NC(=O)COc4ccc(Cl)c(F)c4)(C2)C3)on1. The van der Waals surface area contributed by atoms with Gasteiger partial charge in [-0.3, -0.25) is 9.59 Å². The summed E-state index contributed by atoms with van der Waals surface area (Å²) in [7, 11) is 0. The molecular formula is C22H24ClFN2O4. The first-order chi connectivity index (χ1) is 14.2. The van der Waals surface area contributed by atoms with Gasteiger partial charge in [0, 0.05) is 24.1 Å². The molecular weight excluding hydrogens is 411 g/mol. The molecule has 0 atom stereocenters. The molecule has 5 rings (SSSR count). The highest BCUT2D eigenvalue weighted by Gasteiger charge is 2.68. The van der Waals surface area contributed by atoms with Crippen LogP contribution in [-0.4, -0.2) is 29.0 Å². The maximum absolute atomic E-state index is 13.4. The van der Waals surface area contributed by atoms with E-state index in [-0.39, 0.29) is 40.0 Å². The summed E-state index contributed by atoms with van der Waals surface area (Å²) in [6.45, 7) is 3.97. The van der Waals surface area contributed by atoms with Crippen molar-refractivity contribution in [2.75, 3.05) is 6.61 Å². The second kappa shape index (κ2) is 7.69. The number of ketones is 1. The van der Waals surface area contributed by atoms with Crippen molar-refractivity contribution < 1.29 is 23.2 Å². The molecule has 2 bridgehead atoms. The average molecular weight is 435 g/mol. The van der Waals surface area contributed by atoms with E-state index in [0.29, 0.717) is 18.1 Å². The third-order valence-electron chi connectivity index (χ3n) is 5.79. The highest BCUT2D eigenvalue weighted by Crippen LogP contribution is 2.69. The molecule has 1 amide bonds. The van der Waals surface area contributed by atoms with Crippen LogP contribution in [0.4, 0.5) is 4.39 Å². The smallest absolute Gasteiger partial charge is 0.258 e. The third-order valence-corrected chi connectivity index (χ3v) is 6.10. The standard InChI is InChI=1S/C22H24ClFN2O4/c1-13(2)5-14-6-19(30-26-14)18(27)8-21-10-22(11-21,12-21)25-20(28)9-29-15-3-4-16(23)17(24)7-15/h3-4,6-7,13H,5,8-12H2,1-2H3,(H,25,28). The molecule has 0 spiro atoms. The van der Waals surface area contributed by atoms with Crippen LogP contribution in [0.5, 0.6) is 5.75 Å². The summed E-state index contributed by atoms with van der Waals surface area (Å²) in [5.41, 5.74) is 0.487. The van der Waals surface area contributed by atoms with Crippen LogP contribution in [0.1, 0.15) is 55.8 Å². The van der Waals surface area contributed by atoms with Crippen molar-refractivity contribution >= 4 is 23.3 Å². The van der Waals surface area contributed by atoms with Gasteiger partial charge in [-0.25, -0.2) is 4.39 Å². The molecule has 1 heterocycles. The zero-order valence-electron chi connectivity index (χ0n) is 17.0. The summed E-state index contributed by atoms with van der Waals surface area (Å²) in [5.74, 6) is 0.113. The highest BCUT2D eigenvalue weighted by atomic mass is 35.5. The van der Waals surface area contributed by atoms with Crippen molar-refractivity contribution in [1.82, 2.24) is 10.5 Å². The Bertz CT molecular complexity index is 967. The molecule has 8 heteroatoms. The van der Waals surface area contributed by atoms with Crippen LogP contribution in [0.2, 0.25) is 5.02 Å². The van der Waals surface area contributed by atoms with Gasteiger partial charge in [0.15, 0.2) is 6.61 Å². The first-order valence-electron chi connectivity index (χ1n) is 10.1. The number of nitrogens with zero attached hydrogens (tertiary/aromatic N) is 1. The van der Waals surface area contributed by atoms with E-state index in [1.807, 2.05) is 0 Å². The molecule has 1 aromatic heterocycles. The molecule has 3 aliphatic rings. The van der Waals surface area contributed by atoms with Crippen LogP contribution < -0.4 is 10.1 Å². The van der Waals surface area contributed by atoms with Gasteiger partial charge < -0.3 is 14.6 Å². The Labute approximate surface area is 179 Å². The van der Waals surface area contributed by atoms with E-state index in [9.17, 15) is 14.0 Å². The maximum atomic E-state index is 13.4. The number of ether oxygens (including phenoxy) is 1. The zero-order chi connectivity index (χ0) is 21.5. The zero-order valence-corrected chi connectivity index (χ0v) is 17.7. The van der Waals surface area contributed by atoms with Crippen molar-refractivity contribution in [3.8, 4) is 5.75 Å². The number of aromatic nitrogens is 1. The van der Waals surface area contributed by atoms with E-state index in [1.54, 1.807) is 6.07 Å². The summed E-state index contributed by atoms with van der Waals surface area (Å²) in [6, 6.07) is 5.78. The van der Waals surface area contributed by atoms with Gasteiger partial charge in [-0.15, -0.1) is 0 Å². The largest absolute Gasteiger partial charge is 0.484 e. The fourth-order valence-corrected chi connectivity index (χ4v) is 4.87. The van der Waals surface area contributed by atoms with E-state index in [0.717, 1.165) is 37.4 Å². The number of hydrogen-bond donors (Lipinski definition) is 1. The predicted molar refractivity (Wildman–Crippen MR) is 108 cm³/mol. The quantitative estimate of drug-likeness (QED) is 0.593. The molecule has 6 nitrogen and oxygen atoms in total. The average Bonchev–Trinajstić information content (AvgIpc) is 3.07. The lowest BCUT2D eigenvalue weighted by Gasteiger charge is -2.70. The summed E-state index contributed by atoms with van der Waals surface area (Å²) >= 11 is 5.63. The second-order valence-corrected chi connectivity index (χ2v) is 9.51. The Hall–Kier alpha value is -2.41. The molecule has 0 radical (unpaired) electrons. The molecule has 0 unspecified atom stereocenters. The van der Waals surface area contributed by atoms with Crippen LogP contribution in [-0.2, 0) is 11.2 Å². The summed E-state index contributed by atoms with van der Waals surface area (Å²) in [6.07, 6.45) is 3.48. The first kappa shape index (κ1) is 20.8. The van der Waals surface area contributed by atoms with Gasteiger partial charge in [0.05, 0.1) is 10.7 Å². The van der Waals surface area contributed by atoms with Gasteiger partial charge in [-0.1, -0.05) is 30.6 Å². The molecule has 160 valence electrons. The normalized spacial score (nSPS) is 24.2. The van der Waals surface area contributed by atoms with Crippen LogP contribution in [0.25, 0.3) is 0 Å². The fourth-order valence-electron chi connectivity index (χ4n) is 4.75. The van der Waals surface area contributed by atoms with Crippen molar-refractivity contribution in [1.29, 1.82) is 0 Å². The van der Waals surface area contributed by atoms with Gasteiger partial charge in [-0.2, -0.15) is 0 Å². The van der Waals surface area contributed by atoms with E-state index >= 15 is 0 Å². The Morgan fingerprint density at radius 2 is 2.03 bits per heavy atom. The Morgan fingerprint density at radius 1 is 1.30 bits per heavy atom. The van der Waals surface area contributed by atoms with Crippen molar-refractivity contribution in [3.05, 3.63) is 46.6 Å². The van der Waals surface area contributed by atoms with Crippen LogP contribution >= 0.6 is 11.6 Å². The molecule has 3 saturated carbocycles. The number of halogens is 2. The van der Waals surface area contributed by atoms with E-state index in [1.165, 1.54) is 12.1 Å².